The van der Waals surface area contributed by atoms with E-state index in [0.29, 0.717) is 26.4 Å². The van der Waals surface area contributed by atoms with Gasteiger partial charge in [0.1, 0.15) is 5.52 Å². The van der Waals surface area contributed by atoms with Crippen molar-refractivity contribution in [2.24, 2.45) is 0 Å². The zero-order chi connectivity index (χ0) is 16.7. The van der Waals surface area contributed by atoms with E-state index in [1.165, 1.54) is 11.3 Å². The first kappa shape index (κ1) is 16.2. The molecule has 0 aliphatic rings. The van der Waals surface area contributed by atoms with Gasteiger partial charge in [-0.05, 0) is 39.0 Å². The van der Waals surface area contributed by atoms with E-state index in [4.69, 9.17) is 23.2 Å². The summed E-state index contributed by atoms with van der Waals surface area (Å²) < 4.78 is 2.67. The van der Waals surface area contributed by atoms with Crippen LogP contribution in [-0.2, 0) is 0 Å². The molecule has 0 aliphatic heterocycles. The molecule has 1 amide bonds. The lowest BCUT2D eigenvalue weighted by molar-refractivity contribution is 0.102. The van der Waals surface area contributed by atoms with Gasteiger partial charge < -0.3 is 0 Å². The van der Waals surface area contributed by atoms with Crippen molar-refractivity contribution in [2.75, 3.05) is 5.32 Å². The lowest BCUT2D eigenvalue weighted by Crippen LogP contribution is -2.13. The van der Waals surface area contributed by atoms with Crippen molar-refractivity contribution in [3.8, 4) is 0 Å². The van der Waals surface area contributed by atoms with Gasteiger partial charge >= 0.3 is 0 Å². The van der Waals surface area contributed by atoms with Crippen molar-refractivity contribution in [1.82, 2.24) is 14.8 Å². The molecule has 120 valence electrons. The lowest BCUT2D eigenvalue weighted by Gasteiger charge is -2.06. The number of thiazole rings is 1. The Morgan fingerprint density at radius 1 is 1.35 bits per heavy atom. The van der Waals surface area contributed by atoms with E-state index in [-0.39, 0.29) is 11.9 Å². The molecule has 0 fully saturated rings. The van der Waals surface area contributed by atoms with E-state index in [2.05, 4.69) is 15.4 Å². The second-order valence-corrected chi connectivity index (χ2v) is 7.21. The summed E-state index contributed by atoms with van der Waals surface area (Å²) in [6.07, 6.45) is 0. The number of aryl methyl sites for hydroxylation is 1. The van der Waals surface area contributed by atoms with Gasteiger partial charge in [-0.15, -0.1) is 0 Å². The first-order valence-corrected chi connectivity index (χ1v) is 8.56. The van der Waals surface area contributed by atoms with Crippen molar-refractivity contribution in [3.05, 3.63) is 39.6 Å². The van der Waals surface area contributed by atoms with Crippen molar-refractivity contribution >= 4 is 55.8 Å². The van der Waals surface area contributed by atoms with Crippen LogP contribution in [0, 0.1) is 6.92 Å². The SMILES string of the molecule is Cc1cc(C(=O)Nc2nc3c(Cl)c(Cl)ccc3s2)nn1C(C)C. The smallest absolute Gasteiger partial charge is 0.277 e. The van der Waals surface area contributed by atoms with Crippen LogP contribution < -0.4 is 5.32 Å². The Hall–Kier alpha value is -1.63. The van der Waals surface area contributed by atoms with E-state index in [1.807, 2.05) is 31.5 Å². The zero-order valence-corrected chi connectivity index (χ0v) is 15.1. The number of aromatic nitrogens is 3. The van der Waals surface area contributed by atoms with Gasteiger partial charge in [0.05, 0.1) is 14.7 Å². The molecule has 2 aromatic heterocycles. The van der Waals surface area contributed by atoms with Gasteiger partial charge in [-0.25, -0.2) is 4.98 Å². The fraction of sp³-hybridized carbons (Fsp3) is 0.267. The molecule has 2 heterocycles. The highest BCUT2D eigenvalue weighted by molar-refractivity contribution is 7.22. The highest BCUT2D eigenvalue weighted by Crippen LogP contribution is 2.35. The Balaban J connectivity index is 1.88. The number of amides is 1. The molecule has 0 atom stereocenters. The molecular formula is C15H14Cl2N4OS. The number of benzene rings is 1. The topological polar surface area (TPSA) is 59.8 Å². The quantitative estimate of drug-likeness (QED) is 0.711. The van der Waals surface area contributed by atoms with Crippen LogP contribution in [0.15, 0.2) is 18.2 Å². The van der Waals surface area contributed by atoms with Crippen LogP contribution >= 0.6 is 34.5 Å². The Bertz CT molecular complexity index is 900. The summed E-state index contributed by atoms with van der Waals surface area (Å²) in [5.41, 5.74) is 1.88. The van der Waals surface area contributed by atoms with E-state index in [9.17, 15) is 4.79 Å². The summed E-state index contributed by atoms with van der Waals surface area (Å²) in [6.45, 7) is 5.95. The van der Waals surface area contributed by atoms with Crippen LogP contribution in [0.1, 0.15) is 36.1 Å². The predicted molar refractivity (Wildman–Crippen MR) is 94.9 cm³/mol. The van der Waals surface area contributed by atoms with Gasteiger partial charge in [-0.1, -0.05) is 34.5 Å². The third kappa shape index (κ3) is 3.06. The number of carbonyl (C=O) groups excluding carboxylic acids is 1. The van der Waals surface area contributed by atoms with Crippen molar-refractivity contribution in [3.63, 3.8) is 0 Å². The van der Waals surface area contributed by atoms with Crippen LogP contribution in [0.5, 0.6) is 0 Å². The maximum atomic E-state index is 12.4. The molecule has 3 aromatic rings. The molecule has 1 aromatic carbocycles. The molecule has 0 saturated heterocycles. The Kier molecular flexibility index (Phi) is 4.31. The largest absolute Gasteiger partial charge is 0.296 e. The molecule has 0 saturated carbocycles. The molecule has 0 unspecified atom stereocenters. The number of rotatable bonds is 3. The first-order valence-electron chi connectivity index (χ1n) is 6.99. The van der Waals surface area contributed by atoms with Crippen LogP contribution in [0.25, 0.3) is 10.2 Å². The molecular weight excluding hydrogens is 355 g/mol. The first-order chi connectivity index (χ1) is 10.9. The maximum Gasteiger partial charge on any atom is 0.277 e. The van der Waals surface area contributed by atoms with Gasteiger partial charge in [-0.2, -0.15) is 5.10 Å². The van der Waals surface area contributed by atoms with E-state index in [0.717, 1.165) is 10.4 Å². The van der Waals surface area contributed by atoms with Crippen LogP contribution in [0.4, 0.5) is 5.13 Å². The minimum absolute atomic E-state index is 0.194. The fourth-order valence-electron chi connectivity index (χ4n) is 2.27. The zero-order valence-electron chi connectivity index (χ0n) is 12.7. The Labute approximate surface area is 147 Å². The number of hydrogen-bond acceptors (Lipinski definition) is 4. The van der Waals surface area contributed by atoms with E-state index >= 15 is 0 Å². The Morgan fingerprint density at radius 2 is 2.09 bits per heavy atom. The highest BCUT2D eigenvalue weighted by atomic mass is 35.5. The number of halogens is 2. The van der Waals surface area contributed by atoms with Crippen LogP contribution in [0.2, 0.25) is 10.0 Å². The van der Waals surface area contributed by atoms with Crippen molar-refractivity contribution < 1.29 is 4.79 Å². The summed E-state index contributed by atoms with van der Waals surface area (Å²) in [6, 6.07) is 5.49. The minimum atomic E-state index is -0.297. The van der Waals surface area contributed by atoms with Gasteiger partial charge in [-0.3, -0.25) is 14.8 Å². The number of nitrogens with zero attached hydrogens (tertiary/aromatic N) is 3. The average molecular weight is 369 g/mol. The van der Waals surface area contributed by atoms with Gasteiger partial charge in [0.25, 0.3) is 5.91 Å². The Morgan fingerprint density at radius 3 is 2.74 bits per heavy atom. The average Bonchev–Trinajstić information content (AvgIpc) is 3.07. The summed E-state index contributed by atoms with van der Waals surface area (Å²) in [4.78, 5) is 16.7. The van der Waals surface area contributed by atoms with Gasteiger partial charge in [0.15, 0.2) is 10.8 Å². The molecule has 0 bridgehead atoms. The summed E-state index contributed by atoms with van der Waals surface area (Å²) in [5, 5.41) is 8.38. The fourth-order valence-corrected chi connectivity index (χ4v) is 3.56. The summed E-state index contributed by atoms with van der Waals surface area (Å²) >= 11 is 13.5. The normalized spacial score (nSPS) is 11.4. The van der Waals surface area contributed by atoms with Crippen LogP contribution in [-0.4, -0.2) is 20.7 Å². The van der Waals surface area contributed by atoms with E-state index < -0.39 is 0 Å². The number of nitrogens with one attached hydrogen (secondary N) is 1. The number of fused-ring (bicyclic) bond motifs is 1. The van der Waals surface area contributed by atoms with Gasteiger partial charge in [0, 0.05) is 11.7 Å². The predicted octanol–water partition coefficient (Wildman–Crippen LogP) is 4.94. The number of hydrogen-bond donors (Lipinski definition) is 1. The molecule has 5 nitrogen and oxygen atoms in total. The molecule has 0 spiro atoms. The number of anilines is 1. The monoisotopic (exact) mass is 368 g/mol. The third-order valence-corrected chi connectivity index (χ3v) is 5.05. The molecule has 1 N–H and O–H groups in total. The highest BCUT2D eigenvalue weighted by Gasteiger charge is 2.16. The standard InChI is InChI=1S/C15H14Cl2N4OS/c1-7(2)21-8(3)6-10(20-21)14(22)19-15-18-13-11(23-15)5-4-9(16)12(13)17/h4-7H,1-3H3,(H,18,19,22). The van der Waals surface area contributed by atoms with E-state index in [1.54, 1.807) is 12.1 Å². The maximum absolute atomic E-state index is 12.4. The summed E-state index contributed by atoms with van der Waals surface area (Å²) in [5.74, 6) is -0.297. The molecule has 23 heavy (non-hydrogen) atoms. The summed E-state index contributed by atoms with van der Waals surface area (Å²) in [7, 11) is 0. The molecule has 8 heteroatoms. The van der Waals surface area contributed by atoms with Crippen molar-refractivity contribution in [1.29, 1.82) is 0 Å². The molecule has 0 radical (unpaired) electrons. The minimum Gasteiger partial charge on any atom is -0.296 e. The molecule has 3 rings (SSSR count). The lowest BCUT2D eigenvalue weighted by atomic mass is 10.3. The van der Waals surface area contributed by atoms with Gasteiger partial charge in [0.2, 0.25) is 0 Å². The van der Waals surface area contributed by atoms with Crippen molar-refractivity contribution in [2.45, 2.75) is 26.8 Å². The second kappa shape index (κ2) is 6.11. The second-order valence-electron chi connectivity index (χ2n) is 5.39. The van der Waals surface area contributed by atoms with Crippen LogP contribution in [0.3, 0.4) is 0 Å². The number of carbonyl (C=O) groups is 1. The third-order valence-electron chi connectivity index (χ3n) is 3.32. The molecule has 0 aliphatic carbocycles.